The number of hydrogen-bond donors (Lipinski definition) is 1. The minimum absolute atomic E-state index is 0.199. The van der Waals surface area contributed by atoms with Crippen molar-refractivity contribution in [3.05, 3.63) is 13.8 Å². The molecule has 0 aromatic heterocycles. The number of amides is 1. The molecule has 24 heavy (non-hydrogen) atoms. The van der Waals surface area contributed by atoms with E-state index in [-0.39, 0.29) is 18.5 Å². The fourth-order valence-corrected chi connectivity index (χ4v) is 2.11. The molecule has 0 rings (SSSR count). The molecule has 1 unspecified atom stereocenters. The summed E-state index contributed by atoms with van der Waals surface area (Å²) < 4.78 is 10.4. The van der Waals surface area contributed by atoms with Crippen LogP contribution in [0.2, 0.25) is 0 Å². The highest BCUT2D eigenvalue weighted by Crippen LogP contribution is 2.13. The van der Waals surface area contributed by atoms with Crippen LogP contribution in [0.15, 0.2) is 0 Å². The van der Waals surface area contributed by atoms with E-state index in [1.807, 2.05) is 7.05 Å². The van der Waals surface area contributed by atoms with Crippen LogP contribution < -0.4 is 5.32 Å². The van der Waals surface area contributed by atoms with Crippen molar-refractivity contribution in [1.29, 1.82) is 0 Å². The van der Waals surface area contributed by atoms with Gasteiger partial charge in [0.2, 0.25) is 0 Å². The van der Waals surface area contributed by atoms with Crippen molar-refractivity contribution in [3.8, 4) is 0 Å². The van der Waals surface area contributed by atoms with Crippen molar-refractivity contribution in [1.82, 2.24) is 10.2 Å². The Morgan fingerprint density at radius 2 is 1.83 bits per heavy atom. The Morgan fingerprint density at radius 1 is 1.12 bits per heavy atom. The fourth-order valence-electron chi connectivity index (χ4n) is 2.11. The average Bonchev–Trinajstić information content (AvgIpc) is 2.51. The number of unbranched alkanes of at least 4 members (excludes halogenated alkanes) is 2. The molecule has 0 aromatic rings. The summed E-state index contributed by atoms with van der Waals surface area (Å²) in [7, 11) is 1.99. The zero-order valence-electron chi connectivity index (χ0n) is 15.5. The van der Waals surface area contributed by atoms with Gasteiger partial charge in [-0.05, 0) is 46.7 Å². The van der Waals surface area contributed by atoms with Gasteiger partial charge in [0.15, 0.2) is 0 Å². The summed E-state index contributed by atoms with van der Waals surface area (Å²) in [5.41, 5.74) is 0. The second-order valence-corrected chi connectivity index (χ2v) is 6.00. The molecule has 0 aromatic carbocycles. The third kappa shape index (κ3) is 13.2. The zero-order valence-corrected chi connectivity index (χ0v) is 15.5. The van der Waals surface area contributed by atoms with E-state index in [1.54, 1.807) is 0 Å². The maximum absolute atomic E-state index is 11.9. The molecule has 0 aliphatic carbocycles. The lowest BCUT2D eigenvalue weighted by molar-refractivity contribution is -0.146. The Labute approximate surface area is 147 Å². The Hall–Kier alpha value is -1.30. The predicted octanol–water partition coefficient (Wildman–Crippen LogP) is 2.97. The van der Waals surface area contributed by atoms with Crippen molar-refractivity contribution in [2.24, 2.45) is 0 Å². The summed E-state index contributed by atoms with van der Waals surface area (Å²) >= 11 is 0. The number of likely N-dealkylation sites (N-methyl/N-ethyl adjacent to an activating group) is 1. The SMILES string of the molecule is [CH2]C([CH2])OC(=O)CCC(CCCCC)OC(=O)NCCN(C)CC. The third-order valence-corrected chi connectivity index (χ3v) is 3.67. The Bertz CT molecular complexity index is 348. The van der Waals surface area contributed by atoms with Gasteiger partial charge in [0, 0.05) is 19.5 Å². The standard InChI is InChI=1S/C18H34N2O4/c1-6-8-9-10-16(11-12-17(21)23-15(3)4)24-18(22)19-13-14-20(5)7-2/h15-16H,3-4,6-14H2,1-2,5H3,(H,19,22). The van der Waals surface area contributed by atoms with Crippen LogP contribution in [0.4, 0.5) is 4.79 Å². The minimum atomic E-state index is -0.615. The van der Waals surface area contributed by atoms with Crippen LogP contribution in [0.5, 0.6) is 0 Å². The van der Waals surface area contributed by atoms with Crippen molar-refractivity contribution in [2.75, 3.05) is 26.7 Å². The van der Waals surface area contributed by atoms with Crippen molar-refractivity contribution in [2.45, 2.75) is 64.6 Å². The molecular formula is C18H34N2O4. The summed E-state index contributed by atoms with van der Waals surface area (Å²) in [6.45, 7) is 13.4. The number of carbonyl (C=O) groups is 2. The lowest BCUT2D eigenvalue weighted by atomic mass is 10.1. The summed E-state index contributed by atoms with van der Waals surface area (Å²) in [5, 5.41) is 2.75. The molecule has 0 saturated heterocycles. The molecule has 1 N–H and O–H groups in total. The molecule has 0 fully saturated rings. The molecule has 0 aliphatic heterocycles. The van der Waals surface area contributed by atoms with Gasteiger partial charge in [-0.1, -0.05) is 26.7 Å². The molecule has 2 radical (unpaired) electrons. The predicted molar refractivity (Wildman–Crippen MR) is 95.4 cm³/mol. The van der Waals surface area contributed by atoms with Gasteiger partial charge in [0.05, 0.1) is 0 Å². The smallest absolute Gasteiger partial charge is 0.407 e. The molecule has 0 heterocycles. The van der Waals surface area contributed by atoms with Crippen molar-refractivity contribution in [3.63, 3.8) is 0 Å². The normalized spacial score (nSPS) is 12.3. The molecule has 140 valence electrons. The van der Waals surface area contributed by atoms with Crippen molar-refractivity contribution < 1.29 is 19.1 Å². The number of ether oxygens (including phenoxy) is 2. The third-order valence-electron chi connectivity index (χ3n) is 3.67. The molecule has 1 atom stereocenters. The van der Waals surface area contributed by atoms with E-state index in [0.29, 0.717) is 13.0 Å². The first kappa shape index (κ1) is 22.7. The molecule has 0 bridgehead atoms. The molecule has 6 heteroatoms. The topological polar surface area (TPSA) is 67.9 Å². The highest BCUT2D eigenvalue weighted by molar-refractivity contribution is 5.70. The first-order chi connectivity index (χ1) is 11.4. The van der Waals surface area contributed by atoms with E-state index >= 15 is 0 Å². The monoisotopic (exact) mass is 342 g/mol. The summed E-state index contributed by atoms with van der Waals surface area (Å²) in [6, 6.07) is 0. The van der Waals surface area contributed by atoms with E-state index in [9.17, 15) is 9.59 Å². The molecule has 6 nitrogen and oxygen atoms in total. The maximum atomic E-state index is 11.9. The second kappa shape index (κ2) is 14.1. The Balaban J connectivity index is 4.22. The average molecular weight is 342 g/mol. The number of nitrogens with one attached hydrogen (secondary N) is 1. The van der Waals surface area contributed by atoms with Crippen LogP contribution in [-0.4, -0.2) is 55.9 Å². The number of alkyl carbamates (subject to hydrolysis) is 1. The number of carbonyl (C=O) groups excluding carboxylic acids is 2. The summed E-state index contributed by atoms with van der Waals surface area (Å²) in [6.07, 6.45) is 3.22. The van der Waals surface area contributed by atoms with Crippen LogP contribution in [-0.2, 0) is 14.3 Å². The van der Waals surface area contributed by atoms with Gasteiger partial charge in [-0.15, -0.1) is 0 Å². The first-order valence-corrected chi connectivity index (χ1v) is 8.87. The number of hydrogen-bond acceptors (Lipinski definition) is 5. The minimum Gasteiger partial charge on any atom is -0.462 e. The lowest BCUT2D eigenvalue weighted by Crippen LogP contribution is -2.35. The zero-order chi connectivity index (χ0) is 18.4. The molecular weight excluding hydrogens is 308 g/mol. The van der Waals surface area contributed by atoms with Gasteiger partial charge in [-0.25, -0.2) is 4.79 Å². The van der Waals surface area contributed by atoms with Crippen LogP contribution in [0.3, 0.4) is 0 Å². The number of nitrogens with zero attached hydrogens (tertiary/aromatic N) is 1. The van der Waals surface area contributed by atoms with E-state index in [1.165, 1.54) is 0 Å². The maximum Gasteiger partial charge on any atom is 0.407 e. The van der Waals surface area contributed by atoms with Gasteiger partial charge >= 0.3 is 12.1 Å². The van der Waals surface area contributed by atoms with Gasteiger partial charge in [-0.2, -0.15) is 0 Å². The van der Waals surface area contributed by atoms with E-state index in [4.69, 9.17) is 9.47 Å². The molecule has 0 spiro atoms. The molecule has 1 amide bonds. The second-order valence-electron chi connectivity index (χ2n) is 6.00. The van der Waals surface area contributed by atoms with Crippen LogP contribution in [0.25, 0.3) is 0 Å². The van der Waals surface area contributed by atoms with Crippen LogP contribution >= 0.6 is 0 Å². The molecule has 0 aliphatic rings. The van der Waals surface area contributed by atoms with Gasteiger partial charge in [0.1, 0.15) is 12.2 Å². The van der Waals surface area contributed by atoms with Gasteiger partial charge in [-0.3, -0.25) is 4.79 Å². The fraction of sp³-hybridized carbons (Fsp3) is 0.778. The highest BCUT2D eigenvalue weighted by atomic mass is 16.6. The van der Waals surface area contributed by atoms with Gasteiger partial charge < -0.3 is 19.7 Å². The van der Waals surface area contributed by atoms with Crippen LogP contribution in [0.1, 0.15) is 52.4 Å². The van der Waals surface area contributed by atoms with Crippen LogP contribution in [0, 0.1) is 13.8 Å². The summed E-state index contributed by atoms with van der Waals surface area (Å²) in [4.78, 5) is 25.6. The highest BCUT2D eigenvalue weighted by Gasteiger charge is 2.17. The number of esters is 1. The first-order valence-electron chi connectivity index (χ1n) is 8.87. The van der Waals surface area contributed by atoms with E-state index < -0.39 is 12.2 Å². The summed E-state index contributed by atoms with van der Waals surface area (Å²) in [5.74, 6) is -0.362. The number of rotatable bonds is 13. The molecule has 0 saturated carbocycles. The quantitative estimate of drug-likeness (QED) is 0.412. The lowest BCUT2D eigenvalue weighted by Gasteiger charge is -2.19. The van der Waals surface area contributed by atoms with Gasteiger partial charge in [0.25, 0.3) is 0 Å². The van der Waals surface area contributed by atoms with E-state index in [2.05, 4.69) is 37.9 Å². The van der Waals surface area contributed by atoms with Crippen molar-refractivity contribution >= 4 is 12.1 Å². The Morgan fingerprint density at radius 3 is 2.42 bits per heavy atom. The van der Waals surface area contributed by atoms with E-state index in [0.717, 1.165) is 38.8 Å². The largest absolute Gasteiger partial charge is 0.462 e. The Kier molecular flexibility index (Phi) is 13.3.